The molecule has 0 spiro atoms. The van der Waals surface area contributed by atoms with E-state index in [9.17, 15) is 13.2 Å². The van der Waals surface area contributed by atoms with Crippen LogP contribution in [0.15, 0.2) is 12.1 Å². The van der Waals surface area contributed by atoms with Crippen LogP contribution in [0.1, 0.15) is 95.1 Å². The summed E-state index contributed by atoms with van der Waals surface area (Å²) in [6.45, 7) is -0.699. The quantitative estimate of drug-likeness (QED) is 0.372. The summed E-state index contributed by atoms with van der Waals surface area (Å²) < 4.78 is 43.6. The van der Waals surface area contributed by atoms with E-state index in [0.29, 0.717) is 5.92 Å². The van der Waals surface area contributed by atoms with Crippen LogP contribution in [0.3, 0.4) is 0 Å². The Balaban J connectivity index is 1.29. The minimum absolute atomic E-state index is 0.306. The average molecular weight is 437 g/mol. The largest absolute Gasteiger partial charge is 0.432 e. The second-order valence-corrected chi connectivity index (χ2v) is 10.6. The summed E-state index contributed by atoms with van der Waals surface area (Å²) in [6, 6.07) is 2.96. The van der Waals surface area contributed by atoms with Crippen LogP contribution in [0.25, 0.3) is 0 Å². The van der Waals surface area contributed by atoms with Gasteiger partial charge in [0.25, 0.3) is 0 Å². The summed E-state index contributed by atoms with van der Waals surface area (Å²) in [6.07, 6.45) is 18.1. The van der Waals surface area contributed by atoms with Crippen LogP contribution in [0.2, 0.25) is 0 Å². The average Bonchev–Trinajstić information content (AvgIpc) is 2.76. The number of rotatable bonds is 8. The third-order valence-electron chi connectivity index (χ3n) is 8.63. The monoisotopic (exact) mass is 436 g/mol. The molecule has 0 aromatic heterocycles. The molecule has 4 heteroatoms. The standard InChI is InChI=1S/C27H39F3O/c1-2-3-4-5-6-18-7-8-20-14-21(10-9-19(20)13-18)22-11-12-23-17-26(31-27(29)30)25(28)16-24(23)15-22/h16-22,27H,2-15H2,1H3. The van der Waals surface area contributed by atoms with Crippen LogP contribution in [0.4, 0.5) is 13.2 Å². The molecule has 174 valence electrons. The van der Waals surface area contributed by atoms with Crippen LogP contribution in [-0.4, -0.2) is 6.61 Å². The Morgan fingerprint density at radius 1 is 0.871 bits per heavy atom. The highest BCUT2D eigenvalue weighted by molar-refractivity contribution is 5.39. The van der Waals surface area contributed by atoms with Crippen molar-refractivity contribution in [3.8, 4) is 5.75 Å². The Bertz CT molecular complexity index is 719. The lowest BCUT2D eigenvalue weighted by Crippen LogP contribution is -2.35. The van der Waals surface area contributed by atoms with E-state index in [1.165, 1.54) is 82.8 Å². The summed E-state index contributed by atoms with van der Waals surface area (Å²) in [4.78, 5) is 0. The molecule has 1 aromatic rings. The van der Waals surface area contributed by atoms with Crippen molar-refractivity contribution in [2.45, 2.75) is 103 Å². The molecule has 1 nitrogen and oxygen atoms in total. The van der Waals surface area contributed by atoms with Gasteiger partial charge in [-0.3, -0.25) is 0 Å². The molecule has 4 rings (SSSR count). The summed E-state index contributed by atoms with van der Waals surface area (Å²) in [5.41, 5.74) is 2.00. The molecular weight excluding hydrogens is 397 g/mol. The number of benzene rings is 1. The van der Waals surface area contributed by atoms with Crippen molar-refractivity contribution in [3.63, 3.8) is 0 Å². The van der Waals surface area contributed by atoms with E-state index >= 15 is 0 Å². The van der Waals surface area contributed by atoms with Crippen molar-refractivity contribution in [2.75, 3.05) is 0 Å². The van der Waals surface area contributed by atoms with Crippen LogP contribution >= 0.6 is 0 Å². The Labute approximate surface area is 186 Å². The summed E-state index contributed by atoms with van der Waals surface area (Å²) in [7, 11) is 0. The fourth-order valence-corrected chi connectivity index (χ4v) is 6.95. The second kappa shape index (κ2) is 10.6. The maximum Gasteiger partial charge on any atom is 0.387 e. The molecule has 3 aliphatic rings. The van der Waals surface area contributed by atoms with Gasteiger partial charge >= 0.3 is 6.61 Å². The van der Waals surface area contributed by atoms with Gasteiger partial charge in [-0.1, -0.05) is 45.4 Å². The van der Waals surface area contributed by atoms with Crippen molar-refractivity contribution in [1.82, 2.24) is 0 Å². The Morgan fingerprint density at radius 3 is 2.39 bits per heavy atom. The van der Waals surface area contributed by atoms with E-state index in [-0.39, 0.29) is 5.75 Å². The zero-order valence-corrected chi connectivity index (χ0v) is 19.1. The number of unbranched alkanes of at least 4 members (excludes halogenated alkanes) is 3. The molecule has 3 aliphatic carbocycles. The third-order valence-corrected chi connectivity index (χ3v) is 8.63. The molecule has 2 saturated carbocycles. The number of alkyl halides is 2. The summed E-state index contributed by atoms with van der Waals surface area (Å²) >= 11 is 0. The van der Waals surface area contributed by atoms with Gasteiger partial charge in [0.1, 0.15) is 0 Å². The normalized spacial score (nSPS) is 30.7. The van der Waals surface area contributed by atoms with E-state index in [2.05, 4.69) is 11.7 Å². The zero-order chi connectivity index (χ0) is 21.8. The van der Waals surface area contributed by atoms with Crippen molar-refractivity contribution >= 4 is 0 Å². The van der Waals surface area contributed by atoms with E-state index in [1.54, 1.807) is 0 Å². The Hall–Kier alpha value is -1.19. The smallest absolute Gasteiger partial charge is 0.387 e. The van der Waals surface area contributed by atoms with Crippen molar-refractivity contribution in [2.24, 2.45) is 29.6 Å². The highest BCUT2D eigenvalue weighted by Crippen LogP contribution is 2.49. The Kier molecular flexibility index (Phi) is 7.87. The molecule has 0 N–H and O–H groups in total. The molecule has 0 bridgehead atoms. The van der Waals surface area contributed by atoms with Gasteiger partial charge < -0.3 is 4.74 Å². The maximum absolute atomic E-state index is 14.2. The Morgan fingerprint density at radius 2 is 1.61 bits per heavy atom. The highest BCUT2D eigenvalue weighted by atomic mass is 19.3. The molecule has 5 unspecified atom stereocenters. The molecule has 31 heavy (non-hydrogen) atoms. The van der Waals surface area contributed by atoms with Crippen molar-refractivity contribution < 1.29 is 17.9 Å². The first kappa shape index (κ1) is 23.0. The summed E-state index contributed by atoms with van der Waals surface area (Å²) in [5.74, 6) is 3.19. The van der Waals surface area contributed by atoms with E-state index in [1.807, 2.05) is 0 Å². The molecule has 0 aliphatic heterocycles. The van der Waals surface area contributed by atoms with Crippen molar-refractivity contribution in [1.29, 1.82) is 0 Å². The first-order chi connectivity index (χ1) is 15.0. The molecule has 0 radical (unpaired) electrons. The number of halogens is 3. The maximum atomic E-state index is 14.2. The first-order valence-electron chi connectivity index (χ1n) is 12.8. The van der Waals surface area contributed by atoms with Crippen LogP contribution in [-0.2, 0) is 12.8 Å². The van der Waals surface area contributed by atoms with Gasteiger partial charge in [0.15, 0.2) is 11.6 Å². The predicted octanol–water partition coefficient (Wildman–Crippen LogP) is 8.34. The number of ether oxygens (including phenoxy) is 1. The number of fused-ring (bicyclic) bond motifs is 2. The fourth-order valence-electron chi connectivity index (χ4n) is 6.95. The van der Waals surface area contributed by atoms with Crippen LogP contribution in [0.5, 0.6) is 5.75 Å². The van der Waals surface area contributed by atoms with Gasteiger partial charge in [0.05, 0.1) is 0 Å². The topological polar surface area (TPSA) is 9.23 Å². The second-order valence-electron chi connectivity index (χ2n) is 10.6. The van der Waals surface area contributed by atoms with Crippen LogP contribution in [0, 0.1) is 35.4 Å². The van der Waals surface area contributed by atoms with Gasteiger partial charge in [0.2, 0.25) is 0 Å². The zero-order valence-electron chi connectivity index (χ0n) is 19.1. The minimum Gasteiger partial charge on any atom is -0.432 e. The molecule has 1 aromatic carbocycles. The van der Waals surface area contributed by atoms with E-state index in [4.69, 9.17) is 0 Å². The third kappa shape index (κ3) is 5.79. The molecule has 0 amide bonds. The summed E-state index contributed by atoms with van der Waals surface area (Å²) in [5, 5.41) is 0. The number of hydrogen-bond acceptors (Lipinski definition) is 1. The number of aryl methyl sites for hydroxylation is 1. The minimum atomic E-state index is -2.98. The highest BCUT2D eigenvalue weighted by Gasteiger charge is 2.38. The van der Waals surface area contributed by atoms with Gasteiger partial charge in [0, 0.05) is 0 Å². The van der Waals surface area contributed by atoms with E-state index in [0.717, 1.165) is 54.1 Å². The fraction of sp³-hybridized carbons (Fsp3) is 0.778. The molecular formula is C27H39F3O. The predicted molar refractivity (Wildman–Crippen MR) is 119 cm³/mol. The number of hydrogen-bond donors (Lipinski definition) is 0. The van der Waals surface area contributed by atoms with Gasteiger partial charge in [-0.2, -0.15) is 8.78 Å². The molecule has 0 saturated heterocycles. The SMILES string of the molecule is CCCCCCC1CCC2CC(C3CCc4cc(OC(F)F)c(F)cc4C3)CCC2C1. The van der Waals surface area contributed by atoms with Gasteiger partial charge in [-0.15, -0.1) is 0 Å². The van der Waals surface area contributed by atoms with Gasteiger partial charge in [-0.25, -0.2) is 4.39 Å². The molecule has 0 heterocycles. The first-order valence-corrected chi connectivity index (χ1v) is 12.8. The van der Waals surface area contributed by atoms with Gasteiger partial charge in [-0.05, 0) is 104 Å². The lowest BCUT2D eigenvalue weighted by Gasteiger charge is -2.45. The molecule has 5 atom stereocenters. The van der Waals surface area contributed by atoms with E-state index < -0.39 is 12.4 Å². The lowest BCUT2D eigenvalue weighted by atomic mass is 9.61. The van der Waals surface area contributed by atoms with Crippen molar-refractivity contribution in [3.05, 3.63) is 29.1 Å². The van der Waals surface area contributed by atoms with Crippen LogP contribution < -0.4 is 4.74 Å². The lowest BCUT2D eigenvalue weighted by molar-refractivity contribution is -0.0522. The molecule has 2 fully saturated rings.